The highest BCUT2D eigenvalue weighted by atomic mass is 16.5. The molecule has 0 aliphatic heterocycles. The summed E-state index contributed by atoms with van der Waals surface area (Å²) >= 11 is 0. The number of hydrazone groups is 1. The summed E-state index contributed by atoms with van der Waals surface area (Å²) in [6, 6.07) is 8.33. The lowest BCUT2D eigenvalue weighted by molar-refractivity contribution is 0.0527. The molecule has 4 N–H and O–H groups in total. The minimum atomic E-state index is -0.538. The lowest BCUT2D eigenvalue weighted by Crippen LogP contribution is -2.22. The van der Waals surface area contributed by atoms with E-state index in [0.29, 0.717) is 11.4 Å². The Bertz CT molecular complexity index is 819. The maximum Gasteiger partial charge on any atom is 0.340 e. The molecule has 24 heavy (non-hydrogen) atoms. The number of nitrogens with two attached hydrogens (primary N) is 1. The molecule has 122 valence electrons. The fourth-order valence-electron chi connectivity index (χ4n) is 1.84. The van der Waals surface area contributed by atoms with E-state index in [1.165, 1.54) is 0 Å². The molecule has 0 saturated carbocycles. The first-order valence-corrected chi connectivity index (χ1v) is 6.96. The van der Waals surface area contributed by atoms with Crippen molar-refractivity contribution in [1.29, 1.82) is 10.7 Å². The Kier molecular flexibility index (Phi) is 5.25. The number of rotatable bonds is 6. The Hall–Kier alpha value is -3.67. The molecule has 0 spiro atoms. The third kappa shape index (κ3) is 3.75. The summed E-state index contributed by atoms with van der Waals surface area (Å²) in [5.74, 6) is -1.02. The first-order chi connectivity index (χ1) is 11.6. The summed E-state index contributed by atoms with van der Waals surface area (Å²) in [7, 11) is 0. The van der Waals surface area contributed by atoms with Crippen LogP contribution in [0.1, 0.15) is 17.3 Å². The molecule has 0 aliphatic carbocycles. The first kappa shape index (κ1) is 16.7. The van der Waals surface area contributed by atoms with Crippen molar-refractivity contribution in [3.8, 4) is 11.8 Å². The predicted molar refractivity (Wildman–Crippen MR) is 88.1 cm³/mol. The SMILES string of the molecule is CCOC(=O)c1ccc(-n2cccn2)cc1N/N=C(\C#N)C(=N)N. The van der Waals surface area contributed by atoms with Crippen LogP contribution in [0.3, 0.4) is 0 Å². The van der Waals surface area contributed by atoms with Crippen molar-refractivity contribution in [2.75, 3.05) is 12.0 Å². The van der Waals surface area contributed by atoms with Crippen LogP contribution in [0.15, 0.2) is 41.8 Å². The summed E-state index contributed by atoms with van der Waals surface area (Å²) < 4.78 is 6.60. The van der Waals surface area contributed by atoms with E-state index < -0.39 is 11.8 Å². The molecule has 0 amide bonds. The number of aromatic nitrogens is 2. The normalized spacial score (nSPS) is 10.8. The van der Waals surface area contributed by atoms with Gasteiger partial charge >= 0.3 is 5.97 Å². The average Bonchev–Trinajstić information content (AvgIpc) is 3.09. The highest BCUT2D eigenvalue weighted by molar-refractivity contribution is 6.45. The van der Waals surface area contributed by atoms with Crippen LogP contribution in [0.2, 0.25) is 0 Å². The number of nitrogens with one attached hydrogen (secondary N) is 2. The van der Waals surface area contributed by atoms with Gasteiger partial charge in [0.1, 0.15) is 6.07 Å². The van der Waals surface area contributed by atoms with E-state index in [0.717, 1.165) is 0 Å². The van der Waals surface area contributed by atoms with E-state index in [1.54, 1.807) is 54.3 Å². The van der Waals surface area contributed by atoms with E-state index >= 15 is 0 Å². The number of hydrogen-bond donors (Lipinski definition) is 3. The van der Waals surface area contributed by atoms with Crippen LogP contribution in [-0.4, -0.2) is 33.9 Å². The molecule has 0 saturated heterocycles. The number of carbonyl (C=O) groups excluding carboxylic acids is 1. The molecule has 0 bridgehead atoms. The zero-order valence-corrected chi connectivity index (χ0v) is 12.9. The Balaban J connectivity index is 2.44. The Labute approximate surface area is 137 Å². The molecule has 0 radical (unpaired) electrons. The Morgan fingerprint density at radius 3 is 2.96 bits per heavy atom. The van der Waals surface area contributed by atoms with Crippen molar-refractivity contribution in [3.05, 3.63) is 42.2 Å². The summed E-state index contributed by atoms with van der Waals surface area (Å²) in [4.78, 5) is 12.0. The number of anilines is 1. The topological polar surface area (TPSA) is 142 Å². The molecule has 0 aliphatic rings. The average molecular weight is 325 g/mol. The Morgan fingerprint density at radius 2 is 2.38 bits per heavy atom. The number of carbonyl (C=O) groups is 1. The van der Waals surface area contributed by atoms with Crippen molar-refractivity contribution >= 4 is 23.2 Å². The van der Waals surface area contributed by atoms with E-state index in [9.17, 15) is 4.79 Å². The van der Waals surface area contributed by atoms with Gasteiger partial charge < -0.3 is 10.5 Å². The van der Waals surface area contributed by atoms with E-state index in [-0.39, 0.29) is 17.9 Å². The number of hydrogen-bond acceptors (Lipinski definition) is 7. The molecule has 9 heteroatoms. The highest BCUT2D eigenvalue weighted by Crippen LogP contribution is 2.21. The van der Waals surface area contributed by atoms with Gasteiger partial charge in [0.2, 0.25) is 5.71 Å². The number of ether oxygens (including phenoxy) is 1. The Morgan fingerprint density at radius 1 is 1.58 bits per heavy atom. The smallest absolute Gasteiger partial charge is 0.340 e. The predicted octanol–water partition coefficient (Wildman–Crippen LogP) is 1.28. The zero-order valence-electron chi connectivity index (χ0n) is 12.9. The number of benzene rings is 1. The van der Waals surface area contributed by atoms with Gasteiger partial charge in [0.25, 0.3) is 0 Å². The number of amidine groups is 1. The quantitative estimate of drug-likeness (QED) is 0.316. The molecule has 1 aromatic carbocycles. The molecule has 2 rings (SSSR count). The standard InChI is InChI=1S/C15H15N7O2/c1-2-24-15(23)11-5-4-10(22-7-3-6-19-22)8-12(11)20-21-13(9-16)14(17)18/h3-8,20H,2H2,1H3,(H3,17,18)/b21-13+. The van der Waals surface area contributed by atoms with Gasteiger partial charge in [-0.05, 0) is 31.2 Å². The van der Waals surface area contributed by atoms with Crippen molar-refractivity contribution in [3.63, 3.8) is 0 Å². The fourth-order valence-corrected chi connectivity index (χ4v) is 1.84. The number of esters is 1. The molecular formula is C15H15N7O2. The lowest BCUT2D eigenvalue weighted by Gasteiger charge is -2.11. The number of nitrogens with zero attached hydrogens (tertiary/aromatic N) is 4. The lowest BCUT2D eigenvalue weighted by atomic mass is 10.1. The zero-order chi connectivity index (χ0) is 17.5. The first-order valence-electron chi connectivity index (χ1n) is 6.96. The maximum absolute atomic E-state index is 12.0. The third-order valence-corrected chi connectivity index (χ3v) is 2.92. The van der Waals surface area contributed by atoms with Crippen molar-refractivity contribution in [2.24, 2.45) is 10.8 Å². The molecule has 9 nitrogen and oxygen atoms in total. The van der Waals surface area contributed by atoms with Gasteiger partial charge in [-0.3, -0.25) is 10.8 Å². The van der Waals surface area contributed by atoms with Crippen molar-refractivity contribution in [1.82, 2.24) is 9.78 Å². The van der Waals surface area contributed by atoms with E-state index in [4.69, 9.17) is 21.1 Å². The van der Waals surface area contributed by atoms with Crippen LogP contribution in [0, 0.1) is 16.7 Å². The largest absolute Gasteiger partial charge is 0.462 e. The van der Waals surface area contributed by atoms with Gasteiger partial charge in [-0.15, -0.1) is 0 Å². The van der Waals surface area contributed by atoms with Gasteiger partial charge in [-0.25, -0.2) is 9.48 Å². The van der Waals surface area contributed by atoms with Gasteiger partial charge in [-0.1, -0.05) is 0 Å². The van der Waals surface area contributed by atoms with Crippen LogP contribution in [0.25, 0.3) is 5.69 Å². The second-order valence-corrected chi connectivity index (χ2v) is 4.50. The van der Waals surface area contributed by atoms with E-state index in [1.807, 2.05) is 0 Å². The molecule has 0 fully saturated rings. The van der Waals surface area contributed by atoms with Crippen LogP contribution < -0.4 is 11.2 Å². The van der Waals surface area contributed by atoms with Crippen LogP contribution in [0.5, 0.6) is 0 Å². The van der Waals surface area contributed by atoms with Crippen LogP contribution in [-0.2, 0) is 4.74 Å². The summed E-state index contributed by atoms with van der Waals surface area (Å²) in [5, 5.41) is 24.0. The van der Waals surface area contributed by atoms with Gasteiger partial charge in [0.15, 0.2) is 5.84 Å². The molecule has 2 aromatic rings. The van der Waals surface area contributed by atoms with Crippen molar-refractivity contribution < 1.29 is 9.53 Å². The van der Waals surface area contributed by atoms with E-state index in [2.05, 4.69) is 15.6 Å². The maximum atomic E-state index is 12.0. The summed E-state index contributed by atoms with van der Waals surface area (Å²) in [5.41, 5.74) is 8.75. The second-order valence-electron chi connectivity index (χ2n) is 4.50. The van der Waals surface area contributed by atoms with Crippen LogP contribution in [0.4, 0.5) is 5.69 Å². The fraction of sp³-hybridized carbons (Fsp3) is 0.133. The van der Waals surface area contributed by atoms with Gasteiger partial charge in [-0.2, -0.15) is 15.5 Å². The minimum absolute atomic E-state index is 0.222. The monoisotopic (exact) mass is 325 g/mol. The molecular weight excluding hydrogens is 310 g/mol. The van der Waals surface area contributed by atoms with Gasteiger partial charge in [0, 0.05) is 12.4 Å². The highest BCUT2D eigenvalue weighted by Gasteiger charge is 2.14. The number of nitriles is 1. The molecule has 0 unspecified atom stereocenters. The molecule has 0 atom stereocenters. The van der Waals surface area contributed by atoms with Crippen molar-refractivity contribution in [2.45, 2.75) is 6.92 Å². The molecule has 1 aromatic heterocycles. The third-order valence-electron chi connectivity index (χ3n) is 2.92. The molecule has 1 heterocycles. The van der Waals surface area contributed by atoms with Crippen LogP contribution >= 0.6 is 0 Å². The summed E-state index contributed by atoms with van der Waals surface area (Å²) in [6.07, 6.45) is 3.36. The van der Waals surface area contributed by atoms with Gasteiger partial charge in [0.05, 0.1) is 23.5 Å². The second kappa shape index (κ2) is 7.55. The minimum Gasteiger partial charge on any atom is -0.462 e. The summed E-state index contributed by atoms with van der Waals surface area (Å²) in [6.45, 7) is 1.92.